The maximum absolute atomic E-state index is 10.7. The SMILES string of the molecule is Cn1cc(Br)c(N)nc1=O.Cn1cc(O)c(=O)[nH]c1=O.Cn1cc(O)c(N)nc1=O. The van der Waals surface area contributed by atoms with Crippen LogP contribution in [0, 0.1) is 0 Å². The topological polar surface area (TPSA) is 217 Å². The number of aromatic nitrogens is 6. The number of nitrogens with two attached hydrogens (primary N) is 2. The second-order valence-corrected chi connectivity index (χ2v) is 6.51. The Morgan fingerprint density at radius 3 is 1.77 bits per heavy atom. The van der Waals surface area contributed by atoms with Gasteiger partial charge in [0.1, 0.15) is 5.82 Å². The summed E-state index contributed by atoms with van der Waals surface area (Å²) in [6, 6.07) is 0. The fourth-order valence-corrected chi connectivity index (χ4v) is 2.02. The molecule has 0 amide bonds. The zero-order valence-corrected chi connectivity index (χ0v) is 17.6. The van der Waals surface area contributed by atoms with E-state index in [1.807, 2.05) is 4.98 Å². The third-order valence-corrected chi connectivity index (χ3v) is 3.87. The van der Waals surface area contributed by atoms with Gasteiger partial charge in [0.05, 0.1) is 16.9 Å². The van der Waals surface area contributed by atoms with Gasteiger partial charge in [-0.1, -0.05) is 0 Å². The van der Waals surface area contributed by atoms with Crippen molar-refractivity contribution in [3.63, 3.8) is 0 Å². The number of H-pyrrole nitrogens is 1. The zero-order chi connectivity index (χ0) is 23.2. The molecule has 0 unspecified atom stereocenters. The summed E-state index contributed by atoms with van der Waals surface area (Å²) in [7, 11) is 4.52. The Labute approximate surface area is 175 Å². The van der Waals surface area contributed by atoms with Crippen molar-refractivity contribution in [3.8, 4) is 11.5 Å². The second-order valence-electron chi connectivity index (χ2n) is 5.66. The third kappa shape index (κ3) is 6.62. The van der Waals surface area contributed by atoms with E-state index >= 15 is 0 Å². The lowest BCUT2D eigenvalue weighted by atomic mass is 10.5. The van der Waals surface area contributed by atoms with Crippen molar-refractivity contribution in [3.05, 3.63) is 64.9 Å². The first-order chi connectivity index (χ1) is 13.8. The molecule has 0 fully saturated rings. The van der Waals surface area contributed by atoms with Crippen LogP contribution in [-0.4, -0.2) is 38.9 Å². The van der Waals surface area contributed by atoms with Crippen molar-refractivity contribution in [2.45, 2.75) is 0 Å². The van der Waals surface area contributed by atoms with Crippen LogP contribution in [0.1, 0.15) is 0 Å². The number of nitrogen functional groups attached to an aromatic ring is 2. The van der Waals surface area contributed by atoms with Gasteiger partial charge in [-0.2, -0.15) is 9.97 Å². The van der Waals surface area contributed by atoms with Crippen molar-refractivity contribution in [1.82, 2.24) is 28.7 Å². The Morgan fingerprint density at radius 1 is 0.833 bits per heavy atom. The zero-order valence-electron chi connectivity index (χ0n) is 16.0. The van der Waals surface area contributed by atoms with E-state index in [1.54, 1.807) is 13.2 Å². The Morgan fingerprint density at radius 2 is 1.30 bits per heavy atom. The van der Waals surface area contributed by atoms with Crippen LogP contribution in [0.15, 0.2) is 42.2 Å². The molecule has 0 aliphatic heterocycles. The molecule has 162 valence electrons. The van der Waals surface area contributed by atoms with Gasteiger partial charge in [-0.05, 0) is 15.9 Å². The quantitative estimate of drug-likeness (QED) is 0.234. The molecule has 0 saturated heterocycles. The molecule has 3 heterocycles. The van der Waals surface area contributed by atoms with E-state index in [1.165, 1.54) is 24.9 Å². The van der Waals surface area contributed by atoms with Gasteiger partial charge in [-0.15, -0.1) is 0 Å². The van der Waals surface area contributed by atoms with E-state index in [9.17, 15) is 19.2 Å². The summed E-state index contributed by atoms with van der Waals surface area (Å²) in [5.41, 5.74) is 8.31. The fraction of sp³-hybridized carbons (Fsp3) is 0.200. The van der Waals surface area contributed by atoms with Crippen molar-refractivity contribution in [2.24, 2.45) is 21.1 Å². The number of aromatic amines is 1. The molecular weight excluding hydrogens is 468 g/mol. The van der Waals surface area contributed by atoms with Crippen LogP contribution < -0.4 is 34.1 Å². The Bertz CT molecular complexity index is 1180. The largest absolute Gasteiger partial charge is 0.503 e. The maximum Gasteiger partial charge on any atom is 0.349 e. The maximum atomic E-state index is 10.7. The number of nitrogens with one attached hydrogen (secondary N) is 1. The minimum Gasteiger partial charge on any atom is -0.503 e. The average Bonchev–Trinajstić information content (AvgIpc) is 2.65. The summed E-state index contributed by atoms with van der Waals surface area (Å²) in [6.07, 6.45) is 3.84. The number of hydrogen-bond donors (Lipinski definition) is 5. The molecule has 0 aliphatic carbocycles. The fourth-order valence-electron chi connectivity index (χ4n) is 1.62. The second kappa shape index (κ2) is 10.1. The highest BCUT2D eigenvalue weighted by atomic mass is 79.9. The van der Waals surface area contributed by atoms with E-state index in [2.05, 4.69) is 25.9 Å². The number of halogens is 1. The first-order valence-corrected chi connectivity index (χ1v) is 8.62. The Balaban J connectivity index is 0.000000225. The number of nitrogens with zero attached hydrogens (tertiary/aromatic N) is 5. The minimum atomic E-state index is -0.761. The van der Waals surface area contributed by atoms with Crippen LogP contribution in [0.3, 0.4) is 0 Å². The summed E-state index contributed by atoms with van der Waals surface area (Å²) >= 11 is 3.13. The Kier molecular flexibility index (Phi) is 8.10. The summed E-state index contributed by atoms with van der Waals surface area (Å²) in [5.74, 6) is -0.546. The van der Waals surface area contributed by atoms with Crippen LogP contribution in [0.25, 0.3) is 0 Å². The van der Waals surface area contributed by atoms with Crippen LogP contribution in [0.4, 0.5) is 11.6 Å². The molecule has 3 aromatic heterocycles. The lowest BCUT2D eigenvalue weighted by molar-refractivity contribution is 0.456. The van der Waals surface area contributed by atoms with Gasteiger partial charge in [0.2, 0.25) is 0 Å². The van der Waals surface area contributed by atoms with Gasteiger partial charge in [0, 0.05) is 27.3 Å². The first-order valence-electron chi connectivity index (χ1n) is 7.83. The predicted molar refractivity (Wildman–Crippen MR) is 111 cm³/mol. The van der Waals surface area contributed by atoms with Crippen molar-refractivity contribution in [2.75, 3.05) is 11.5 Å². The van der Waals surface area contributed by atoms with Gasteiger partial charge in [0.15, 0.2) is 17.3 Å². The summed E-state index contributed by atoms with van der Waals surface area (Å²) in [5, 5.41) is 17.6. The summed E-state index contributed by atoms with van der Waals surface area (Å²) in [4.78, 5) is 51.2. The molecule has 0 aromatic carbocycles. The van der Waals surface area contributed by atoms with Gasteiger partial charge >= 0.3 is 17.1 Å². The molecule has 0 atom stereocenters. The van der Waals surface area contributed by atoms with Crippen LogP contribution in [0.2, 0.25) is 0 Å². The van der Waals surface area contributed by atoms with Crippen LogP contribution >= 0.6 is 15.9 Å². The summed E-state index contributed by atoms with van der Waals surface area (Å²) in [6.45, 7) is 0. The van der Waals surface area contributed by atoms with Gasteiger partial charge in [0.25, 0.3) is 5.56 Å². The van der Waals surface area contributed by atoms with Gasteiger partial charge < -0.3 is 26.2 Å². The van der Waals surface area contributed by atoms with E-state index in [-0.39, 0.29) is 23.1 Å². The highest BCUT2D eigenvalue weighted by molar-refractivity contribution is 9.10. The van der Waals surface area contributed by atoms with Crippen LogP contribution in [-0.2, 0) is 21.1 Å². The first kappa shape index (κ1) is 24.2. The molecule has 3 rings (SSSR count). The third-order valence-electron chi connectivity index (χ3n) is 3.26. The molecule has 0 saturated carbocycles. The number of anilines is 2. The van der Waals surface area contributed by atoms with Gasteiger partial charge in [-0.25, -0.2) is 14.4 Å². The molecule has 30 heavy (non-hydrogen) atoms. The van der Waals surface area contributed by atoms with E-state index in [4.69, 9.17) is 21.7 Å². The van der Waals surface area contributed by atoms with E-state index in [0.29, 0.717) is 4.47 Å². The van der Waals surface area contributed by atoms with Crippen molar-refractivity contribution < 1.29 is 10.2 Å². The molecule has 0 aliphatic rings. The van der Waals surface area contributed by atoms with Gasteiger partial charge in [-0.3, -0.25) is 18.9 Å². The minimum absolute atomic E-state index is 0.136. The molecular formula is C15H19BrN8O6. The number of rotatable bonds is 0. The number of aryl methyl sites for hydroxylation is 3. The number of aromatic hydroxyl groups is 2. The lowest BCUT2D eigenvalue weighted by Crippen LogP contribution is -2.26. The monoisotopic (exact) mass is 486 g/mol. The van der Waals surface area contributed by atoms with Crippen molar-refractivity contribution in [1.29, 1.82) is 0 Å². The number of hydrogen-bond acceptors (Lipinski definition) is 10. The molecule has 15 heteroatoms. The summed E-state index contributed by atoms with van der Waals surface area (Å²) < 4.78 is 4.21. The molecule has 7 N–H and O–H groups in total. The Hall–Kier alpha value is -3.88. The highest BCUT2D eigenvalue weighted by Crippen LogP contribution is 2.12. The normalized spacial score (nSPS) is 9.73. The standard InChI is InChI=1S/C5H6BrN3O.C5H7N3O2.C5H6N2O3/c1-9-2-3(6)4(7)8-5(9)10;1-8-2-3(9)4(6)7-5(8)10;1-7-2-3(8)4(9)6-5(7)10/h2H,1H3,(H2,7,8,10);2,9H,1H3,(H2,6,7,10);2,8H,1H3,(H,6,9,10). The molecule has 0 spiro atoms. The van der Waals surface area contributed by atoms with Crippen LogP contribution in [0.5, 0.6) is 11.5 Å². The van der Waals surface area contributed by atoms with E-state index in [0.717, 1.165) is 15.3 Å². The smallest absolute Gasteiger partial charge is 0.349 e. The molecule has 0 radical (unpaired) electrons. The predicted octanol–water partition coefficient (Wildman–Crippen LogP) is -2.03. The van der Waals surface area contributed by atoms with Crippen molar-refractivity contribution >= 4 is 27.6 Å². The highest BCUT2D eigenvalue weighted by Gasteiger charge is 1.99. The van der Waals surface area contributed by atoms with E-state index < -0.39 is 22.7 Å². The molecule has 3 aromatic rings. The molecule has 0 bridgehead atoms. The lowest BCUT2D eigenvalue weighted by Gasteiger charge is -1.98. The average molecular weight is 487 g/mol. The molecule has 14 nitrogen and oxygen atoms in total.